The molecule has 0 bridgehead atoms. The van der Waals surface area contributed by atoms with E-state index in [-0.39, 0.29) is 11.1 Å². The van der Waals surface area contributed by atoms with Crippen LogP contribution in [-0.2, 0) is 23.8 Å². The van der Waals surface area contributed by atoms with Crippen LogP contribution in [0.4, 0.5) is 0 Å². The fourth-order valence-corrected chi connectivity index (χ4v) is 2.99. The van der Waals surface area contributed by atoms with E-state index in [1.807, 2.05) is 0 Å². The zero-order chi connectivity index (χ0) is 20.3. The zero-order valence-corrected chi connectivity index (χ0v) is 14.3. The Labute approximate surface area is 153 Å². The number of carboxylic acids is 2. The normalized spacial score (nSPS) is 38.2. The van der Waals surface area contributed by atoms with Crippen molar-refractivity contribution >= 4 is 11.9 Å². The van der Waals surface area contributed by atoms with Crippen LogP contribution in [0.25, 0.3) is 0 Å². The van der Waals surface area contributed by atoms with Gasteiger partial charge in [-0.05, 0) is 6.92 Å². The van der Waals surface area contributed by atoms with Crippen molar-refractivity contribution in [3.8, 4) is 0 Å². The average Bonchev–Trinajstić information content (AvgIpc) is 2.61. The van der Waals surface area contributed by atoms with Crippen molar-refractivity contribution in [2.45, 2.75) is 50.3 Å². The molecule has 2 aliphatic rings. The number of carboxylic acid groups (broad SMARTS) is 2. The van der Waals surface area contributed by atoms with Gasteiger partial charge in [0, 0.05) is 11.5 Å². The van der Waals surface area contributed by atoms with Crippen molar-refractivity contribution in [3.63, 3.8) is 0 Å². The van der Waals surface area contributed by atoms with Crippen LogP contribution in [0.2, 0.25) is 0 Å². The fourth-order valence-electron chi connectivity index (χ4n) is 2.99. The third-order valence-electron chi connectivity index (χ3n) is 4.43. The van der Waals surface area contributed by atoms with Crippen molar-refractivity contribution in [2.24, 2.45) is 5.92 Å². The quantitative estimate of drug-likeness (QED) is 0.280. The molecule has 11 heteroatoms. The highest BCUT2D eigenvalue weighted by Crippen LogP contribution is 2.35. The molecule has 0 spiro atoms. The van der Waals surface area contributed by atoms with Crippen LogP contribution in [-0.4, -0.2) is 86.2 Å². The molecule has 2 heterocycles. The standard InChI is InChI=1S/C16H22O11/c1-2-6-7(3-10(18)19)8(14(23)24)5-25-15(6)27-16-13(22)12(21)11(20)9(4-17)26-16/h2,5,7,9,11-13,15-17,20-22H,3-4H2,1H3,(H,18,19)(H,23,24)/b6-2+/t7?,9-,11-,12+,13-,15-,16+/m0/s1. The Hall–Kier alpha value is -2.02. The number of aliphatic hydroxyl groups excluding tert-OH is 4. The summed E-state index contributed by atoms with van der Waals surface area (Å²) >= 11 is 0. The van der Waals surface area contributed by atoms with Gasteiger partial charge in [-0.2, -0.15) is 0 Å². The molecular formula is C16H22O11. The Morgan fingerprint density at radius 2 is 1.85 bits per heavy atom. The number of rotatable bonds is 6. The van der Waals surface area contributed by atoms with Gasteiger partial charge in [0.15, 0.2) is 6.29 Å². The maximum atomic E-state index is 11.4. The van der Waals surface area contributed by atoms with Crippen LogP contribution >= 0.6 is 0 Å². The largest absolute Gasteiger partial charge is 0.481 e. The van der Waals surface area contributed by atoms with Gasteiger partial charge in [-0.25, -0.2) is 4.79 Å². The number of carbonyl (C=O) groups is 2. The lowest BCUT2D eigenvalue weighted by molar-refractivity contribution is -0.327. The monoisotopic (exact) mass is 390 g/mol. The highest BCUT2D eigenvalue weighted by Gasteiger charge is 2.46. The number of ether oxygens (including phenoxy) is 3. The summed E-state index contributed by atoms with van der Waals surface area (Å²) in [5.74, 6) is -3.64. The molecule has 6 N–H and O–H groups in total. The minimum absolute atomic E-state index is 0.175. The minimum atomic E-state index is -1.69. The van der Waals surface area contributed by atoms with E-state index in [0.29, 0.717) is 0 Å². The van der Waals surface area contributed by atoms with E-state index in [9.17, 15) is 35.1 Å². The molecule has 1 unspecified atom stereocenters. The highest BCUT2D eigenvalue weighted by molar-refractivity contribution is 5.89. The maximum absolute atomic E-state index is 11.4. The van der Waals surface area contributed by atoms with Gasteiger partial charge in [-0.3, -0.25) is 4.79 Å². The Balaban J connectivity index is 2.25. The van der Waals surface area contributed by atoms with E-state index in [2.05, 4.69) is 0 Å². The Bertz CT molecular complexity index is 626. The molecule has 7 atom stereocenters. The van der Waals surface area contributed by atoms with Crippen LogP contribution in [0.5, 0.6) is 0 Å². The smallest absolute Gasteiger partial charge is 0.335 e. The van der Waals surface area contributed by atoms with Crippen LogP contribution in [0.3, 0.4) is 0 Å². The fraction of sp³-hybridized carbons (Fsp3) is 0.625. The molecule has 0 aromatic carbocycles. The summed E-state index contributed by atoms with van der Waals surface area (Å²) in [6, 6.07) is 0. The van der Waals surface area contributed by atoms with Gasteiger partial charge >= 0.3 is 11.9 Å². The van der Waals surface area contributed by atoms with Crippen molar-refractivity contribution in [1.82, 2.24) is 0 Å². The van der Waals surface area contributed by atoms with E-state index in [4.69, 9.17) is 19.3 Å². The molecule has 0 aromatic heterocycles. The molecule has 11 nitrogen and oxygen atoms in total. The van der Waals surface area contributed by atoms with E-state index >= 15 is 0 Å². The molecule has 0 saturated carbocycles. The van der Waals surface area contributed by atoms with Crippen molar-refractivity contribution in [2.75, 3.05) is 6.61 Å². The molecule has 27 heavy (non-hydrogen) atoms. The van der Waals surface area contributed by atoms with Gasteiger partial charge in [0.25, 0.3) is 0 Å². The van der Waals surface area contributed by atoms with E-state index < -0.39 is 67.9 Å². The Morgan fingerprint density at radius 3 is 2.37 bits per heavy atom. The third kappa shape index (κ3) is 4.46. The zero-order valence-electron chi connectivity index (χ0n) is 14.3. The predicted molar refractivity (Wildman–Crippen MR) is 84.9 cm³/mol. The highest BCUT2D eigenvalue weighted by atomic mass is 16.8. The molecule has 1 fully saturated rings. The van der Waals surface area contributed by atoms with Gasteiger partial charge in [0.2, 0.25) is 6.29 Å². The number of aliphatic hydroxyl groups is 4. The van der Waals surface area contributed by atoms with Crippen molar-refractivity contribution in [3.05, 3.63) is 23.5 Å². The lowest BCUT2D eigenvalue weighted by Crippen LogP contribution is -2.60. The van der Waals surface area contributed by atoms with Gasteiger partial charge in [0.1, 0.15) is 24.4 Å². The summed E-state index contributed by atoms with van der Waals surface area (Å²) in [4.78, 5) is 22.5. The molecule has 2 rings (SSSR count). The second kappa shape index (κ2) is 8.78. The van der Waals surface area contributed by atoms with E-state index in [1.54, 1.807) is 0 Å². The Kier molecular flexibility index (Phi) is 6.92. The number of hydrogen-bond acceptors (Lipinski definition) is 9. The van der Waals surface area contributed by atoms with Gasteiger partial charge < -0.3 is 44.8 Å². The summed E-state index contributed by atoms with van der Waals surface area (Å²) in [5, 5.41) is 57.2. The van der Waals surface area contributed by atoms with Gasteiger partial charge in [-0.1, -0.05) is 6.08 Å². The molecular weight excluding hydrogens is 368 g/mol. The summed E-state index contributed by atoms with van der Waals surface area (Å²) in [7, 11) is 0. The second-order valence-electron chi connectivity index (χ2n) is 6.12. The summed E-state index contributed by atoms with van der Waals surface area (Å²) in [6.45, 7) is 0.874. The molecule has 2 aliphatic heterocycles. The molecule has 1 saturated heterocycles. The SMILES string of the molecule is C/C=C1\C(CC(=O)O)C(C(=O)O)=CO[C@H]1O[C@H]1O[C@@H](CO)[C@H](O)[C@@H](O)[C@@H]1O. The molecule has 0 amide bonds. The van der Waals surface area contributed by atoms with Crippen LogP contribution in [0, 0.1) is 5.92 Å². The first-order valence-electron chi connectivity index (χ1n) is 8.13. The van der Waals surface area contributed by atoms with Crippen LogP contribution in [0.1, 0.15) is 13.3 Å². The number of aliphatic carboxylic acids is 2. The third-order valence-corrected chi connectivity index (χ3v) is 4.43. The second-order valence-corrected chi connectivity index (χ2v) is 6.12. The summed E-state index contributed by atoms with van der Waals surface area (Å²) < 4.78 is 15.9. The maximum Gasteiger partial charge on any atom is 0.335 e. The predicted octanol–water partition coefficient (Wildman–Crippen LogP) is -1.84. The van der Waals surface area contributed by atoms with Crippen LogP contribution < -0.4 is 0 Å². The van der Waals surface area contributed by atoms with Crippen molar-refractivity contribution < 1.29 is 54.4 Å². The summed E-state index contributed by atoms with van der Waals surface area (Å²) in [6.07, 6.45) is -7.20. The number of hydrogen-bond donors (Lipinski definition) is 6. The van der Waals surface area contributed by atoms with Crippen molar-refractivity contribution in [1.29, 1.82) is 0 Å². The first-order valence-corrected chi connectivity index (χ1v) is 8.13. The van der Waals surface area contributed by atoms with Gasteiger partial charge in [-0.15, -0.1) is 0 Å². The van der Waals surface area contributed by atoms with Crippen LogP contribution in [0.15, 0.2) is 23.5 Å². The molecule has 152 valence electrons. The Morgan fingerprint density at radius 1 is 1.19 bits per heavy atom. The molecule has 0 radical (unpaired) electrons. The topological polar surface area (TPSA) is 183 Å². The number of allylic oxidation sites excluding steroid dienone is 1. The minimum Gasteiger partial charge on any atom is -0.481 e. The summed E-state index contributed by atoms with van der Waals surface area (Å²) in [5.41, 5.74) is -0.103. The molecule has 0 aliphatic carbocycles. The lowest BCUT2D eigenvalue weighted by atomic mass is 9.86. The first kappa shape index (κ1) is 21.3. The van der Waals surface area contributed by atoms with Gasteiger partial charge in [0.05, 0.1) is 24.9 Å². The lowest BCUT2D eigenvalue weighted by Gasteiger charge is -2.41. The first-order chi connectivity index (χ1) is 12.7. The molecule has 0 aromatic rings. The van der Waals surface area contributed by atoms with E-state index in [0.717, 1.165) is 6.26 Å². The average molecular weight is 390 g/mol. The van der Waals surface area contributed by atoms with E-state index in [1.165, 1.54) is 13.0 Å².